The van der Waals surface area contributed by atoms with Crippen LogP contribution in [0.25, 0.3) is 0 Å². The smallest absolute Gasteiger partial charge is 0.354 e. The van der Waals surface area contributed by atoms with E-state index in [2.05, 4.69) is 15.3 Å². The molecule has 0 saturated carbocycles. The number of sulfone groups is 1. The zero-order valence-corrected chi connectivity index (χ0v) is 16.0. The number of aromatic nitrogens is 2. The van der Waals surface area contributed by atoms with Crippen molar-refractivity contribution in [2.75, 3.05) is 11.9 Å². The molecule has 2 aromatic carbocycles. The van der Waals surface area contributed by atoms with Gasteiger partial charge in [-0.25, -0.2) is 17.8 Å². The number of rotatable bonds is 6. The molecule has 0 fully saturated rings. The molecular formula is C19H15F4N3O3S. The van der Waals surface area contributed by atoms with Crippen molar-refractivity contribution in [1.82, 2.24) is 9.97 Å². The Balaban J connectivity index is 1.97. The van der Waals surface area contributed by atoms with Gasteiger partial charge in [0.25, 0.3) is 5.56 Å². The summed E-state index contributed by atoms with van der Waals surface area (Å²) in [6.45, 7) is -0.395. The summed E-state index contributed by atoms with van der Waals surface area (Å²) in [5, 5.41) is 1.22. The van der Waals surface area contributed by atoms with Crippen LogP contribution in [0.2, 0.25) is 0 Å². The van der Waals surface area contributed by atoms with E-state index in [1.54, 1.807) is 18.2 Å². The van der Waals surface area contributed by atoms with E-state index < -0.39 is 50.8 Å². The lowest BCUT2D eigenvalue weighted by atomic mass is 10.1. The highest BCUT2D eigenvalue weighted by Crippen LogP contribution is 2.30. The van der Waals surface area contributed by atoms with Crippen molar-refractivity contribution in [3.05, 3.63) is 88.1 Å². The lowest BCUT2D eigenvalue weighted by molar-refractivity contribution is -0.141. The van der Waals surface area contributed by atoms with E-state index in [1.165, 1.54) is 12.1 Å². The molecule has 0 aliphatic carbocycles. The number of H-pyrrole nitrogens is 1. The Kier molecular flexibility index (Phi) is 5.92. The maximum Gasteiger partial charge on any atom is 0.433 e. The van der Waals surface area contributed by atoms with E-state index in [4.69, 9.17) is 0 Å². The minimum atomic E-state index is -4.84. The highest BCUT2D eigenvalue weighted by Gasteiger charge is 2.34. The molecule has 0 bridgehead atoms. The maximum absolute atomic E-state index is 13.2. The van der Waals surface area contributed by atoms with Crippen LogP contribution in [0.4, 0.5) is 23.5 Å². The van der Waals surface area contributed by atoms with Crippen LogP contribution in [0.5, 0.6) is 0 Å². The summed E-state index contributed by atoms with van der Waals surface area (Å²) in [5.74, 6) is -1.14. The Morgan fingerprint density at radius 1 is 1.03 bits per heavy atom. The molecule has 11 heteroatoms. The molecular weight excluding hydrogens is 426 g/mol. The minimum Gasteiger partial charge on any atom is -0.354 e. The zero-order chi connectivity index (χ0) is 21.9. The summed E-state index contributed by atoms with van der Waals surface area (Å²) >= 11 is 0. The number of alkyl halides is 3. The minimum absolute atomic E-state index is 0.162. The first kappa shape index (κ1) is 21.5. The third-order valence-electron chi connectivity index (χ3n) is 4.18. The molecule has 1 heterocycles. The van der Waals surface area contributed by atoms with Crippen LogP contribution < -0.4 is 10.9 Å². The summed E-state index contributed by atoms with van der Waals surface area (Å²) in [4.78, 5) is 16.8. The third-order valence-corrected chi connectivity index (χ3v) is 6.29. The first-order chi connectivity index (χ1) is 14.1. The van der Waals surface area contributed by atoms with Gasteiger partial charge in [0.1, 0.15) is 11.1 Å². The van der Waals surface area contributed by atoms with Gasteiger partial charge in [-0.2, -0.15) is 13.2 Å². The number of anilines is 1. The Morgan fingerprint density at radius 2 is 1.67 bits per heavy atom. The Morgan fingerprint density at radius 3 is 2.27 bits per heavy atom. The molecule has 0 saturated heterocycles. The molecule has 158 valence electrons. The summed E-state index contributed by atoms with van der Waals surface area (Å²) in [6.07, 6.45) is -4.84. The molecule has 0 amide bonds. The predicted octanol–water partition coefficient (Wildman–Crippen LogP) is 3.55. The van der Waals surface area contributed by atoms with Crippen LogP contribution in [-0.2, 0) is 16.0 Å². The Labute approximate surface area is 168 Å². The highest BCUT2D eigenvalue weighted by molar-refractivity contribution is 7.91. The van der Waals surface area contributed by atoms with Gasteiger partial charge in [-0.05, 0) is 29.8 Å². The highest BCUT2D eigenvalue weighted by atomic mass is 32.2. The second-order valence-corrected chi connectivity index (χ2v) is 8.39. The number of halogens is 4. The summed E-state index contributed by atoms with van der Waals surface area (Å²) in [5.41, 5.74) is -2.10. The second kappa shape index (κ2) is 8.27. The monoisotopic (exact) mass is 441 g/mol. The number of hydrogen-bond acceptors (Lipinski definition) is 5. The van der Waals surface area contributed by atoms with Crippen molar-refractivity contribution in [2.24, 2.45) is 0 Å². The average Bonchev–Trinajstić information content (AvgIpc) is 2.68. The van der Waals surface area contributed by atoms with Gasteiger partial charge in [0.2, 0.25) is 5.95 Å². The third kappa shape index (κ3) is 4.85. The molecule has 30 heavy (non-hydrogen) atoms. The number of hydrogen-bond donors (Lipinski definition) is 2. The lowest BCUT2D eigenvalue weighted by Gasteiger charge is -2.19. The molecule has 3 rings (SSSR count). The molecule has 0 spiro atoms. The van der Waals surface area contributed by atoms with Crippen molar-refractivity contribution < 1.29 is 26.0 Å². The van der Waals surface area contributed by atoms with Gasteiger partial charge in [-0.15, -0.1) is 0 Å². The van der Waals surface area contributed by atoms with E-state index in [1.807, 2.05) is 0 Å². The van der Waals surface area contributed by atoms with Crippen LogP contribution in [-0.4, -0.2) is 24.9 Å². The van der Waals surface area contributed by atoms with Crippen molar-refractivity contribution in [2.45, 2.75) is 16.3 Å². The molecule has 1 aromatic heterocycles. The Hall–Kier alpha value is -3.21. The fraction of sp³-hybridized carbons (Fsp3) is 0.158. The first-order valence-corrected chi connectivity index (χ1v) is 10.1. The fourth-order valence-corrected chi connectivity index (χ4v) is 4.40. The maximum atomic E-state index is 13.2. The van der Waals surface area contributed by atoms with Crippen LogP contribution >= 0.6 is 0 Å². The van der Waals surface area contributed by atoms with Gasteiger partial charge in [0.05, 0.1) is 4.90 Å². The summed E-state index contributed by atoms with van der Waals surface area (Å²) in [7, 11) is -4.06. The summed E-state index contributed by atoms with van der Waals surface area (Å²) < 4.78 is 78.1. The van der Waals surface area contributed by atoms with E-state index in [-0.39, 0.29) is 4.90 Å². The molecule has 2 N–H and O–H groups in total. The number of aromatic amines is 1. The first-order valence-electron chi connectivity index (χ1n) is 8.54. The van der Waals surface area contributed by atoms with Gasteiger partial charge in [-0.1, -0.05) is 30.3 Å². The molecule has 1 unspecified atom stereocenters. The van der Waals surface area contributed by atoms with Crippen LogP contribution in [0.1, 0.15) is 16.5 Å². The van der Waals surface area contributed by atoms with Gasteiger partial charge < -0.3 is 5.32 Å². The lowest BCUT2D eigenvalue weighted by Crippen LogP contribution is -2.25. The summed E-state index contributed by atoms with van der Waals surface area (Å²) in [6, 6.07) is 12.4. The average molecular weight is 441 g/mol. The second-order valence-electron chi connectivity index (χ2n) is 6.26. The number of nitrogens with zero attached hydrogens (tertiary/aromatic N) is 1. The standard InChI is InChI=1S/C19H15F4N3O3S/c20-13-6-8-14(9-7-13)30(28,29)15(12-4-2-1-3-5-12)11-24-18-25-16(19(21,22)23)10-17(27)26-18/h1-10,15H,11H2,(H2,24,25,26,27). The topological polar surface area (TPSA) is 91.9 Å². The van der Waals surface area contributed by atoms with Gasteiger partial charge >= 0.3 is 6.18 Å². The SMILES string of the molecule is O=c1cc(C(F)(F)F)nc(NCC(c2ccccc2)S(=O)(=O)c2ccc(F)cc2)[nH]1. The fourth-order valence-electron chi connectivity index (χ4n) is 2.74. The van der Waals surface area contributed by atoms with Gasteiger partial charge in [-0.3, -0.25) is 9.78 Å². The van der Waals surface area contributed by atoms with E-state index in [0.29, 0.717) is 11.6 Å². The van der Waals surface area contributed by atoms with Crippen LogP contribution in [0, 0.1) is 5.82 Å². The molecule has 0 radical (unpaired) electrons. The van der Waals surface area contributed by atoms with E-state index >= 15 is 0 Å². The van der Waals surface area contributed by atoms with Crippen LogP contribution in [0.3, 0.4) is 0 Å². The Bertz CT molecular complexity index is 1180. The van der Waals surface area contributed by atoms with Crippen molar-refractivity contribution in [3.63, 3.8) is 0 Å². The molecule has 0 aliphatic heterocycles. The number of benzene rings is 2. The van der Waals surface area contributed by atoms with Gasteiger partial charge in [0.15, 0.2) is 15.5 Å². The van der Waals surface area contributed by atoms with Gasteiger partial charge in [0, 0.05) is 12.6 Å². The normalized spacial score (nSPS) is 13.1. The molecule has 3 aromatic rings. The van der Waals surface area contributed by atoms with Crippen molar-refractivity contribution >= 4 is 15.8 Å². The van der Waals surface area contributed by atoms with E-state index in [0.717, 1.165) is 24.3 Å². The van der Waals surface area contributed by atoms with Crippen molar-refractivity contribution in [3.8, 4) is 0 Å². The van der Waals surface area contributed by atoms with Crippen LogP contribution in [0.15, 0.2) is 70.4 Å². The molecule has 1 atom stereocenters. The van der Waals surface area contributed by atoms with E-state index in [9.17, 15) is 30.8 Å². The zero-order valence-electron chi connectivity index (χ0n) is 15.2. The quantitative estimate of drug-likeness (QED) is 0.451. The largest absolute Gasteiger partial charge is 0.433 e. The number of nitrogens with one attached hydrogen (secondary N) is 2. The predicted molar refractivity (Wildman–Crippen MR) is 101 cm³/mol. The molecule has 6 nitrogen and oxygen atoms in total. The van der Waals surface area contributed by atoms with Crippen molar-refractivity contribution in [1.29, 1.82) is 0 Å². The molecule has 0 aliphatic rings.